The van der Waals surface area contributed by atoms with Gasteiger partial charge >= 0.3 is 0 Å². The van der Waals surface area contributed by atoms with Gasteiger partial charge in [0.15, 0.2) is 0 Å². The van der Waals surface area contributed by atoms with Crippen LogP contribution in [0.3, 0.4) is 0 Å². The largest absolute Gasteiger partial charge is 0.355 e. The molecule has 29 heavy (non-hydrogen) atoms. The van der Waals surface area contributed by atoms with Crippen molar-refractivity contribution in [3.05, 3.63) is 64.9 Å². The minimum atomic E-state index is -3.52. The van der Waals surface area contributed by atoms with Gasteiger partial charge in [0.2, 0.25) is 15.9 Å². The van der Waals surface area contributed by atoms with Crippen LogP contribution >= 0.6 is 23.4 Å². The van der Waals surface area contributed by atoms with Crippen molar-refractivity contribution in [3.8, 4) is 0 Å². The van der Waals surface area contributed by atoms with Crippen molar-refractivity contribution in [2.24, 2.45) is 0 Å². The highest BCUT2D eigenvalue weighted by Crippen LogP contribution is 2.20. The van der Waals surface area contributed by atoms with Crippen LogP contribution in [-0.2, 0) is 20.6 Å². The van der Waals surface area contributed by atoms with Gasteiger partial charge in [-0.3, -0.25) is 9.10 Å². The molecule has 0 saturated heterocycles. The first-order valence-electron chi connectivity index (χ1n) is 9.08. The number of sulfonamides is 1. The van der Waals surface area contributed by atoms with Crippen LogP contribution in [-0.4, -0.2) is 39.4 Å². The molecule has 0 heterocycles. The van der Waals surface area contributed by atoms with Crippen molar-refractivity contribution in [3.63, 3.8) is 0 Å². The van der Waals surface area contributed by atoms with Crippen molar-refractivity contribution in [2.45, 2.75) is 18.6 Å². The molecule has 2 aromatic carbocycles. The van der Waals surface area contributed by atoms with Gasteiger partial charge in [-0.05, 0) is 42.3 Å². The molecule has 5 nitrogen and oxygen atoms in total. The van der Waals surface area contributed by atoms with E-state index >= 15 is 0 Å². The molecule has 0 atom stereocenters. The Morgan fingerprint density at radius 2 is 1.86 bits per heavy atom. The number of amides is 1. The second-order valence-electron chi connectivity index (χ2n) is 6.41. The van der Waals surface area contributed by atoms with Crippen LogP contribution in [0.4, 0.5) is 10.1 Å². The van der Waals surface area contributed by atoms with Gasteiger partial charge in [0.05, 0.1) is 11.9 Å². The number of thioether (sulfide) groups is 1. The molecule has 0 radical (unpaired) electrons. The van der Waals surface area contributed by atoms with Crippen molar-refractivity contribution in [1.82, 2.24) is 5.32 Å². The third-order valence-corrected chi connectivity index (χ3v) is 6.63. The maximum absolute atomic E-state index is 13.1. The Bertz CT molecular complexity index is 908. The summed E-state index contributed by atoms with van der Waals surface area (Å²) >= 11 is 7.78. The van der Waals surface area contributed by atoms with Gasteiger partial charge < -0.3 is 5.32 Å². The van der Waals surface area contributed by atoms with Crippen LogP contribution in [0.25, 0.3) is 0 Å². The third kappa shape index (κ3) is 8.24. The maximum Gasteiger partial charge on any atom is 0.232 e. The highest BCUT2D eigenvalue weighted by Gasteiger charge is 2.17. The molecule has 0 saturated carbocycles. The van der Waals surface area contributed by atoms with E-state index < -0.39 is 15.8 Å². The zero-order chi connectivity index (χ0) is 21.3. The van der Waals surface area contributed by atoms with E-state index in [1.54, 1.807) is 11.8 Å². The highest BCUT2D eigenvalue weighted by atomic mass is 35.5. The van der Waals surface area contributed by atoms with E-state index in [2.05, 4.69) is 5.32 Å². The summed E-state index contributed by atoms with van der Waals surface area (Å²) in [6.45, 7) is 0.681. The first kappa shape index (κ1) is 23.5. The van der Waals surface area contributed by atoms with Crippen LogP contribution in [0.1, 0.15) is 18.4 Å². The number of anilines is 1. The topological polar surface area (TPSA) is 66.5 Å². The summed E-state index contributed by atoms with van der Waals surface area (Å²) in [5.74, 6) is 0.961. The van der Waals surface area contributed by atoms with E-state index in [0.29, 0.717) is 18.7 Å². The number of halogens is 2. The Balaban J connectivity index is 1.69. The Kier molecular flexibility index (Phi) is 9.26. The number of hydrogen-bond acceptors (Lipinski definition) is 4. The highest BCUT2D eigenvalue weighted by molar-refractivity contribution is 7.98. The molecule has 0 bridgehead atoms. The molecule has 0 aliphatic heterocycles. The lowest BCUT2D eigenvalue weighted by atomic mass is 10.2. The molecule has 9 heteroatoms. The van der Waals surface area contributed by atoms with Crippen molar-refractivity contribution < 1.29 is 17.6 Å². The summed E-state index contributed by atoms with van der Waals surface area (Å²) < 4.78 is 38.2. The standard InChI is InChI=1S/C20H24ClFN2O3S2/c1-29(26,27)24(18-10-8-17(22)9-11-18)13-4-7-20(25)23-12-14-28-15-16-5-2-3-6-19(16)21/h2-3,5-6,8-11H,4,7,12-15H2,1H3,(H,23,25). The number of carbonyl (C=O) groups is 1. The fourth-order valence-corrected chi connectivity index (χ4v) is 4.74. The normalized spacial score (nSPS) is 11.3. The Hall–Kier alpha value is -1.77. The minimum Gasteiger partial charge on any atom is -0.355 e. The average Bonchev–Trinajstić information content (AvgIpc) is 2.66. The second-order valence-corrected chi connectivity index (χ2v) is 9.83. The third-order valence-electron chi connectivity index (χ3n) is 4.06. The first-order chi connectivity index (χ1) is 13.8. The number of nitrogens with one attached hydrogen (secondary N) is 1. The van der Waals surface area contributed by atoms with E-state index in [9.17, 15) is 17.6 Å². The molecule has 0 fully saturated rings. The van der Waals surface area contributed by atoms with Crippen molar-refractivity contribution in [2.75, 3.05) is 29.4 Å². The Labute approximate surface area is 180 Å². The number of benzene rings is 2. The second kappa shape index (κ2) is 11.4. The van der Waals surface area contributed by atoms with Crippen molar-refractivity contribution >= 4 is 45.0 Å². The molecule has 2 rings (SSSR count). The molecule has 2 aromatic rings. The summed E-state index contributed by atoms with van der Waals surface area (Å²) in [7, 11) is -3.52. The van der Waals surface area contributed by atoms with Gasteiger partial charge in [0.1, 0.15) is 5.82 Å². The SMILES string of the molecule is CS(=O)(=O)N(CCCC(=O)NCCSCc1ccccc1Cl)c1ccc(F)cc1. The lowest BCUT2D eigenvalue weighted by molar-refractivity contribution is -0.121. The smallest absolute Gasteiger partial charge is 0.232 e. The average molecular weight is 459 g/mol. The molecule has 0 aromatic heterocycles. The van der Waals surface area contributed by atoms with Gasteiger partial charge in [-0.25, -0.2) is 12.8 Å². The Morgan fingerprint density at radius 1 is 1.17 bits per heavy atom. The lowest BCUT2D eigenvalue weighted by Gasteiger charge is -2.22. The van der Waals surface area contributed by atoms with E-state index in [-0.39, 0.29) is 18.9 Å². The van der Waals surface area contributed by atoms with Gasteiger partial charge in [0, 0.05) is 36.0 Å². The molecule has 158 valence electrons. The van der Waals surface area contributed by atoms with Gasteiger partial charge in [-0.2, -0.15) is 11.8 Å². The van der Waals surface area contributed by atoms with E-state index in [1.165, 1.54) is 28.6 Å². The van der Waals surface area contributed by atoms with Crippen LogP contribution in [0.15, 0.2) is 48.5 Å². The quantitative estimate of drug-likeness (QED) is 0.515. The summed E-state index contributed by atoms with van der Waals surface area (Å²) in [5.41, 5.74) is 1.44. The summed E-state index contributed by atoms with van der Waals surface area (Å²) in [6.07, 6.45) is 1.66. The molecule has 0 aliphatic carbocycles. The molecular weight excluding hydrogens is 435 g/mol. The number of hydrogen-bond donors (Lipinski definition) is 1. The van der Waals surface area contributed by atoms with Gasteiger partial charge in [0.25, 0.3) is 0 Å². The lowest BCUT2D eigenvalue weighted by Crippen LogP contribution is -2.32. The number of nitrogens with zero attached hydrogens (tertiary/aromatic N) is 1. The van der Waals surface area contributed by atoms with Crippen molar-refractivity contribution in [1.29, 1.82) is 0 Å². The molecule has 1 amide bonds. The molecular formula is C20H24ClFN2O3S2. The first-order valence-corrected chi connectivity index (χ1v) is 12.5. The summed E-state index contributed by atoms with van der Waals surface area (Å²) in [5, 5.41) is 3.57. The summed E-state index contributed by atoms with van der Waals surface area (Å²) in [4.78, 5) is 12.0. The van der Waals surface area contributed by atoms with Crippen LogP contribution < -0.4 is 9.62 Å². The zero-order valence-corrected chi connectivity index (χ0v) is 18.5. The molecule has 0 aliphatic rings. The van der Waals surface area contributed by atoms with Crippen LogP contribution in [0.5, 0.6) is 0 Å². The molecule has 0 spiro atoms. The zero-order valence-electron chi connectivity index (χ0n) is 16.1. The summed E-state index contributed by atoms with van der Waals surface area (Å²) in [6, 6.07) is 12.9. The maximum atomic E-state index is 13.1. The van der Waals surface area contributed by atoms with E-state index in [1.807, 2.05) is 24.3 Å². The minimum absolute atomic E-state index is 0.129. The van der Waals surface area contributed by atoms with Crippen LogP contribution in [0, 0.1) is 5.82 Å². The number of rotatable bonds is 11. The fourth-order valence-electron chi connectivity index (χ4n) is 2.63. The van der Waals surface area contributed by atoms with Gasteiger partial charge in [-0.1, -0.05) is 29.8 Å². The predicted octanol–water partition coefficient (Wildman–Crippen LogP) is 4.07. The predicted molar refractivity (Wildman–Crippen MR) is 118 cm³/mol. The molecule has 0 unspecified atom stereocenters. The fraction of sp³-hybridized carbons (Fsp3) is 0.350. The number of carbonyl (C=O) groups excluding carboxylic acids is 1. The van der Waals surface area contributed by atoms with Crippen LogP contribution in [0.2, 0.25) is 5.02 Å². The Morgan fingerprint density at radius 3 is 2.52 bits per heavy atom. The van der Waals surface area contributed by atoms with Gasteiger partial charge in [-0.15, -0.1) is 0 Å². The van der Waals surface area contributed by atoms with E-state index in [4.69, 9.17) is 11.6 Å². The van der Waals surface area contributed by atoms with E-state index in [0.717, 1.165) is 28.3 Å². The monoisotopic (exact) mass is 458 g/mol. The molecule has 1 N–H and O–H groups in total.